The first-order valence-corrected chi connectivity index (χ1v) is 7.92. The van der Waals surface area contributed by atoms with Crippen LogP contribution in [0.2, 0.25) is 0 Å². The predicted molar refractivity (Wildman–Crippen MR) is 85.1 cm³/mol. The van der Waals surface area contributed by atoms with Crippen molar-refractivity contribution in [3.8, 4) is 0 Å². The second-order valence-corrected chi connectivity index (χ2v) is 6.36. The lowest BCUT2D eigenvalue weighted by Crippen LogP contribution is -2.23. The molecule has 1 unspecified atom stereocenters. The summed E-state index contributed by atoms with van der Waals surface area (Å²) in [6, 6.07) is 5.68. The molecule has 4 nitrogen and oxygen atoms in total. The number of carbonyl (C=O) groups excluding carboxylic acids is 1. The molecule has 1 saturated heterocycles. The first-order valence-electron chi connectivity index (χ1n) is 6.93. The van der Waals surface area contributed by atoms with Gasteiger partial charge in [0.05, 0.1) is 11.6 Å². The van der Waals surface area contributed by atoms with E-state index < -0.39 is 5.97 Å². The molecule has 21 heavy (non-hydrogen) atoms. The number of carboxylic acid groups (broad SMARTS) is 1. The molecule has 1 atom stereocenters. The van der Waals surface area contributed by atoms with Gasteiger partial charge < -0.3 is 10.4 Å². The van der Waals surface area contributed by atoms with Gasteiger partial charge in [0, 0.05) is 5.75 Å². The molecule has 1 fully saturated rings. The third-order valence-corrected chi connectivity index (χ3v) is 4.30. The molecule has 0 spiro atoms. The predicted octanol–water partition coefficient (Wildman–Crippen LogP) is 3.43. The first-order chi connectivity index (χ1) is 9.97. The molecular formula is C16H19NO3S. The highest BCUT2D eigenvalue weighted by atomic mass is 32.2. The molecule has 1 amide bonds. The van der Waals surface area contributed by atoms with E-state index >= 15 is 0 Å². The number of carboxylic acids is 1. The smallest absolute Gasteiger partial charge is 0.335 e. The van der Waals surface area contributed by atoms with Crippen molar-refractivity contribution < 1.29 is 14.7 Å². The quantitative estimate of drug-likeness (QED) is 0.818. The average Bonchev–Trinajstić information content (AvgIpc) is 2.84. The van der Waals surface area contributed by atoms with E-state index in [1.165, 1.54) is 11.8 Å². The highest BCUT2D eigenvalue weighted by Crippen LogP contribution is 2.21. The van der Waals surface area contributed by atoms with E-state index in [9.17, 15) is 14.7 Å². The summed E-state index contributed by atoms with van der Waals surface area (Å²) in [4.78, 5) is 22.4. The van der Waals surface area contributed by atoms with Crippen LogP contribution in [-0.2, 0) is 6.42 Å². The van der Waals surface area contributed by atoms with E-state index in [0.29, 0.717) is 12.0 Å². The Labute approximate surface area is 128 Å². The molecule has 2 rings (SSSR count). The third kappa shape index (κ3) is 4.11. The lowest BCUT2D eigenvalue weighted by molar-refractivity contribution is 0.0695. The summed E-state index contributed by atoms with van der Waals surface area (Å²) >= 11 is 1.28. The summed E-state index contributed by atoms with van der Waals surface area (Å²) in [7, 11) is 0. The number of nitrogens with one attached hydrogen (secondary N) is 1. The first kappa shape index (κ1) is 15.6. The molecule has 2 N–H and O–H groups in total. The molecular weight excluding hydrogens is 286 g/mol. The molecule has 5 heteroatoms. The zero-order valence-electron chi connectivity index (χ0n) is 12.1. The zero-order chi connectivity index (χ0) is 15.4. The van der Waals surface area contributed by atoms with E-state index in [-0.39, 0.29) is 17.2 Å². The number of allylic oxidation sites excluding steroid dienone is 1. The maximum absolute atomic E-state index is 11.3. The van der Waals surface area contributed by atoms with Gasteiger partial charge >= 0.3 is 5.97 Å². The van der Waals surface area contributed by atoms with Crippen LogP contribution in [0.4, 0.5) is 4.79 Å². The number of benzene rings is 1. The van der Waals surface area contributed by atoms with Crippen LogP contribution in [0.5, 0.6) is 0 Å². The number of rotatable bonds is 5. The van der Waals surface area contributed by atoms with Gasteiger partial charge in [-0.05, 0) is 29.5 Å². The van der Waals surface area contributed by atoms with Gasteiger partial charge in [0.1, 0.15) is 0 Å². The highest BCUT2D eigenvalue weighted by molar-refractivity contribution is 8.14. The molecule has 112 valence electrons. The molecule has 0 saturated carbocycles. The van der Waals surface area contributed by atoms with Gasteiger partial charge in [-0.15, -0.1) is 0 Å². The second-order valence-electron chi connectivity index (χ2n) is 5.36. The minimum absolute atomic E-state index is 0.0131. The van der Waals surface area contributed by atoms with Gasteiger partial charge in [-0.2, -0.15) is 0 Å². The minimum Gasteiger partial charge on any atom is -0.478 e. The Balaban J connectivity index is 2.07. The highest BCUT2D eigenvalue weighted by Gasteiger charge is 2.18. The molecule has 0 bridgehead atoms. The van der Waals surface area contributed by atoms with Crippen LogP contribution in [0, 0.1) is 0 Å². The van der Waals surface area contributed by atoms with Crippen molar-refractivity contribution in [2.24, 2.45) is 0 Å². The summed E-state index contributed by atoms with van der Waals surface area (Å²) < 4.78 is 0. The van der Waals surface area contributed by atoms with Crippen LogP contribution < -0.4 is 5.32 Å². The molecule has 0 radical (unpaired) electrons. The van der Waals surface area contributed by atoms with Crippen molar-refractivity contribution in [1.82, 2.24) is 5.32 Å². The number of carbonyl (C=O) groups is 2. The van der Waals surface area contributed by atoms with Crippen LogP contribution in [0.1, 0.15) is 41.3 Å². The molecule has 1 aromatic carbocycles. The second kappa shape index (κ2) is 6.80. The Morgan fingerprint density at radius 1 is 1.52 bits per heavy atom. The van der Waals surface area contributed by atoms with Crippen molar-refractivity contribution in [2.75, 3.05) is 5.75 Å². The third-order valence-electron chi connectivity index (χ3n) is 3.39. The van der Waals surface area contributed by atoms with E-state index in [0.717, 1.165) is 16.9 Å². The fourth-order valence-electron chi connectivity index (χ4n) is 2.29. The average molecular weight is 305 g/mol. The normalized spacial score (nSPS) is 18.4. The molecule has 1 aliphatic rings. The monoisotopic (exact) mass is 305 g/mol. The van der Waals surface area contributed by atoms with Crippen molar-refractivity contribution in [3.63, 3.8) is 0 Å². The van der Waals surface area contributed by atoms with Crippen LogP contribution >= 0.6 is 11.8 Å². The SMILES string of the molecule is CC(C)c1ccc(C/C=C/C2CSC(=O)N2)cc1C(=O)O. The van der Waals surface area contributed by atoms with Crippen molar-refractivity contribution in [1.29, 1.82) is 0 Å². The van der Waals surface area contributed by atoms with Crippen molar-refractivity contribution in [3.05, 3.63) is 47.0 Å². The Bertz CT molecular complexity index is 581. The topological polar surface area (TPSA) is 66.4 Å². The fraction of sp³-hybridized carbons (Fsp3) is 0.375. The Kier molecular flexibility index (Phi) is 5.07. The van der Waals surface area contributed by atoms with E-state index in [2.05, 4.69) is 5.32 Å². The molecule has 1 aliphatic heterocycles. The van der Waals surface area contributed by atoms with Crippen LogP contribution in [-0.4, -0.2) is 28.1 Å². The summed E-state index contributed by atoms with van der Waals surface area (Å²) in [6.45, 7) is 3.98. The molecule has 0 aliphatic carbocycles. The minimum atomic E-state index is -0.885. The largest absolute Gasteiger partial charge is 0.478 e. The van der Waals surface area contributed by atoms with Gasteiger partial charge in [-0.25, -0.2) is 4.79 Å². The van der Waals surface area contributed by atoms with Gasteiger partial charge in [0.2, 0.25) is 0 Å². The molecule has 1 heterocycles. The Hall–Kier alpha value is -1.75. The summed E-state index contributed by atoms with van der Waals surface area (Å²) in [5.74, 6) is 0.0533. The standard InChI is InChI=1S/C16H19NO3S/c1-10(2)13-7-6-11(8-14(13)15(18)19)4-3-5-12-9-21-16(20)17-12/h3,5-8,10,12H,4,9H2,1-2H3,(H,17,20)(H,18,19)/b5-3+. The molecule has 0 aromatic heterocycles. The maximum atomic E-state index is 11.3. The molecule has 1 aromatic rings. The lowest BCUT2D eigenvalue weighted by atomic mass is 9.94. The fourth-order valence-corrected chi connectivity index (χ4v) is 3.05. The van der Waals surface area contributed by atoms with E-state index in [1.807, 2.05) is 38.1 Å². The number of hydrogen-bond donors (Lipinski definition) is 2. The number of hydrogen-bond acceptors (Lipinski definition) is 3. The van der Waals surface area contributed by atoms with Crippen molar-refractivity contribution in [2.45, 2.75) is 32.2 Å². The number of thioether (sulfide) groups is 1. The van der Waals surface area contributed by atoms with Crippen LogP contribution in [0.15, 0.2) is 30.4 Å². The lowest BCUT2D eigenvalue weighted by Gasteiger charge is -2.11. The van der Waals surface area contributed by atoms with Gasteiger partial charge in [0.15, 0.2) is 0 Å². The van der Waals surface area contributed by atoms with Gasteiger partial charge in [-0.3, -0.25) is 4.79 Å². The maximum Gasteiger partial charge on any atom is 0.335 e. The van der Waals surface area contributed by atoms with Gasteiger partial charge in [0.25, 0.3) is 5.24 Å². The van der Waals surface area contributed by atoms with E-state index in [4.69, 9.17) is 0 Å². The Morgan fingerprint density at radius 3 is 2.86 bits per heavy atom. The van der Waals surface area contributed by atoms with Crippen LogP contribution in [0.3, 0.4) is 0 Å². The van der Waals surface area contributed by atoms with Crippen molar-refractivity contribution >= 4 is 23.0 Å². The number of aromatic carboxylic acids is 1. The van der Waals surface area contributed by atoms with E-state index in [1.54, 1.807) is 6.07 Å². The van der Waals surface area contributed by atoms with Crippen LogP contribution in [0.25, 0.3) is 0 Å². The summed E-state index contributed by atoms with van der Waals surface area (Å²) in [5.41, 5.74) is 2.19. The number of amides is 1. The Morgan fingerprint density at radius 2 is 2.29 bits per heavy atom. The zero-order valence-corrected chi connectivity index (χ0v) is 12.9. The summed E-state index contributed by atoms with van der Waals surface area (Å²) in [6.07, 6.45) is 4.61. The summed E-state index contributed by atoms with van der Waals surface area (Å²) in [5, 5.41) is 12.1. The van der Waals surface area contributed by atoms with Gasteiger partial charge in [-0.1, -0.05) is 49.9 Å².